The summed E-state index contributed by atoms with van der Waals surface area (Å²) in [7, 11) is 0. The van der Waals surface area contributed by atoms with Crippen molar-refractivity contribution < 1.29 is 9.53 Å². The Morgan fingerprint density at radius 3 is 2.61 bits per heavy atom. The molecule has 1 atom stereocenters. The standard InChI is InChI=1S/C20H28N4O4/c25-17(15-6-7-15)22-9-8-20(12-22)13-23-16(11-28-20)21-24(19(27)18(23)26)10-14-4-2-1-3-5-14/h14-15H,1-13H2. The molecule has 1 amide bonds. The average Bonchev–Trinajstić information content (AvgIpc) is 3.49. The number of carbonyl (C=O) groups is 1. The number of hydrogen-bond acceptors (Lipinski definition) is 5. The lowest BCUT2D eigenvalue weighted by molar-refractivity contribution is -0.134. The fourth-order valence-electron chi connectivity index (χ4n) is 5.01. The third-order valence-corrected chi connectivity index (χ3v) is 6.87. The predicted molar refractivity (Wildman–Crippen MR) is 101 cm³/mol. The summed E-state index contributed by atoms with van der Waals surface area (Å²) in [5.74, 6) is 1.34. The van der Waals surface area contributed by atoms with Crippen molar-refractivity contribution in [1.82, 2.24) is 19.2 Å². The van der Waals surface area contributed by atoms with Gasteiger partial charge >= 0.3 is 11.1 Å². The summed E-state index contributed by atoms with van der Waals surface area (Å²) >= 11 is 0. The van der Waals surface area contributed by atoms with Gasteiger partial charge in [-0.25, -0.2) is 4.68 Å². The van der Waals surface area contributed by atoms with Gasteiger partial charge in [0.1, 0.15) is 12.2 Å². The highest BCUT2D eigenvalue weighted by Gasteiger charge is 2.46. The van der Waals surface area contributed by atoms with Gasteiger partial charge < -0.3 is 9.64 Å². The lowest BCUT2D eigenvalue weighted by Crippen LogP contribution is -2.53. The zero-order chi connectivity index (χ0) is 19.3. The van der Waals surface area contributed by atoms with Gasteiger partial charge in [0.05, 0.1) is 13.1 Å². The van der Waals surface area contributed by atoms with Gasteiger partial charge in [0.15, 0.2) is 5.82 Å². The monoisotopic (exact) mass is 388 g/mol. The molecule has 0 N–H and O–H groups in total. The molecule has 4 aliphatic rings. The van der Waals surface area contributed by atoms with Crippen LogP contribution in [0.15, 0.2) is 9.59 Å². The Morgan fingerprint density at radius 1 is 1.07 bits per heavy atom. The molecule has 2 aliphatic heterocycles. The molecule has 1 saturated heterocycles. The average molecular weight is 388 g/mol. The smallest absolute Gasteiger partial charge is 0.332 e. The van der Waals surface area contributed by atoms with Crippen LogP contribution in [0.3, 0.4) is 0 Å². The van der Waals surface area contributed by atoms with Crippen LogP contribution >= 0.6 is 0 Å². The van der Waals surface area contributed by atoms with E-state index in [0.29, 0.717) is 44.3 Å². The second kappa shape index (κ2) is 6.83. The lowest BCUT2D eigenvalue weighted by atomic mass is 9.89. The van der Waals surface area contributed by atoms with Crippen LogP contribution in [0.2, 0.25) is 0 Å². The first-order chi connectivity index (χ1) is 13.5. The van der Waals surface area contributed by atoms with Crippen LogP contribution in [-0.2, 0) is 29.2 Å². The largest absolute Gasteiger partial charge is 0.363 e. The van der Waals surface area contributed by atoms with E-state index >= 15 is 0 Å². The molecule has 28 heavy (non-hydrogen) atoms. The Kier molecular flexibility index (Phi) is 4.41. The quantitative estimate of drug-likeness (QED) is 0.718. The maximum Gasteiger partial charge on any atom is 0.332 e. The van der Waals surface area contributed by atoms with Crippen LogP contribution in [0, 0.1) is 11.8 Å². The Labute approximate surface area is 163 Å². The van der Waals surface area contributed by atoms with Crippen molar-refractivity contribution in [1.29, 1.82) is 0 Å². The summed E-state index contributed by atoms with van der Waals surface area (Å²) in [4.78, 5) is 39.7. The summed E-state index contributed by atoms with van der Waals surface area (Å²) in [6.07, 6.45) is 8.47. The fraction of sp³-hybridized carbons (Fsp3) is 0.800. The number of hydrogen-bond donors (Lipinski definition) is 0. The van der Waals surface area contributed by atoms with Crippen LogP contribution in [0.4, 0.5) is 0 Å². The van der Waals surface area contributed by atoms with E-state index in [1.807, 2.05) is 4.90 Å². The van der Waals surface area contributed by atoms with E-state index in [1.165, 1.54) is 28.5 Å². The van der Waals surface area contributed by atoms with Gasteiger partial charge in [-0.3, -0.25) is 19.0 Å². The molecular weight excluding hydrogens is 360 g/mol. The molecule has 0 radical (unpaired) electrons. The summed E-state index contributed by atoms with van der Waals surface area (Å²) < 4.78 is 9.00. The zero-order valence-electron chi connectivity index (χ0n) is 16.3. The summed E-state index contributed by atoms with van der Waals surface area (Å²) in [5, 5.41) is 4.48. The first-order valence-corrected chi connectivity index (χ1v) is 10.7. The molecule has 2 aliphatic carbocycles. The molecule has 3 heterocycles. The third kappa shape index (κ3) is 3.21. The Bertz CT molecular complexity index is 896. The first-order valence-electron chi connectivity index (χ1n) is 10.7. The zero-order valence-corrected chi connectivity index (χ0v) is 16.3. The molecule has 2 saturated carbocycles. The number of rotatable bonds is 3. The van der Waals surface area contributed by atoms with Gasteiger partial charge in [-0.15, -0.1) is 0 Å². The Balaban J connectivity index is 1.36. The van der Waals surface area contributed by atoms with Crippen molar-refractivity contribution >= 4 is 5.91 Å². The number of carbonyl (C=O) groups excluding carboxylic acids is 1. The van der Waals surface area contributed by atoms with Crippen LogP contribution in [-0.4, -0.2) is 43.8 Å². The van der Waals surface area contributed by atoms with Crippen molar-refractivity contribution in [2.75, 3.05) is 13.1 Å². The number of fused-ring (bicyclic) bond motifs is 1. The van der Waals surface area contributed by atoms with Gasteiger partial charge in [-0.05, 0) is 38.0 Å². The first kappa shape index (κ1) is 18.1. The maximum atomic E-state index is 12.8. The van der Waals surface area contributed by atoms with Crippen molar-refractivity contribution in [3.8, 4) is 0 Å². The number of aromatic nitrogens is 3. The summed E-state index contributed by atoms with van der Waals surface area (Å²) in [6, 6.07) is 0. The van der Waals surface area contributed by atoms with Crippen molar-refractivity contribution in [3.63, 3.8) is 0 Å². The molecule has 0 bridgehead atoms. The molecule has 0 aromatic carbocycles. The number of ether oxygens (including phenoxy) is 1. The fourth-order valence-corrected chi connectivity index (χ4v) is 5.01. The predicted octanol–water partition coefficient (Wildman–Crippen LogP) is 0.897. The van der Waals surface area contributed by atoms with E-state index in [0.717, 1.165) is 25.7 Å². The van der Waals surface area contributed by atoms with Gasteiger partial charge in [0, 0.05) is 19.0 Å². The summed E-state index contributed by atoms with van der Waals surface area (Å²) in [5.41, 5.74) is -1.60. The normalized spacial score (nSPS) is 27.9. The maximum absolute atomic E-state index is 12.8. The van der Waals surface area contributed by atoms with Gasteiger partial charge in [-0.2, -0.15) is 5.10 Å². The number of nitrogens with zero attached hydrogens (tertiary/aromatic N) is 4. The molecule has 5 rings (SSSR count). The van der Waals surface area contributed by atoms with Crippen molar-refractivity contribution in [3.05, 3.63) is 26.5 Å². The molecule has 8 nitrogen and oxygen atoms in total. The second-order valence-corrected chi connectivity index (χ2v) is 9.05. The van der Waals surface area contributed by atoms with E-state index < -0.39 is 16.7 Å². The van der Waals surface area contributed by atoms with E-state index in [1.54, 1.807) is 0 Å². The topological polar surface area (TPSA) is 86.4 Å². The molecular formula is C20H28N4O4. The van der Waals surface area contributed by atoms with Crippen molar-refractivity contribution in [2.45, 2.75) is 76.7 Å². The van der Waals surface area contributed by atoms with Crippen molar-refractivity contribution in [2.24, 2.45) is 11.8 Å². The molecule has 1 aromatic rings. The molecule has 8 heteroatoms. The van der Waals surface area contributed by atoms with E-state index in [9.17, 15) is 14.4 Å². The lowest BCUT2D eigenvalue weighted by Gasteiger charge is -2.35. The van der Waals surface area contributed by atoms with Crippen LogP contribution in [0.25, 0.3) is 0 Å². The highest BCUT2D eigenvalue weighted by molar-refractivity contribution is 5.81. The second-order valence-electron chi connectivity index (χ2n) is 9.05. The van der Waals surface area contributed by atoms with E-state index in [-0.39, 0.29) is 18.4 Å². The SMILES string of the molecule is O=C(C1CC1)N1CCC2(C1)Cn1c(nn(CC3CCCCC3)c(=O)c1=O)CO2. The molecule has 3 fully saturated rings. The third-order valence-electron chi connectivity index (χ3n) is 6.87. The molecule has 152 valence electrons. The minimum Gasteiger partial charge on any atom is -0.363 e. The highest BCUT2D eigenvalue weighted by atomic mass is 16.5. The Hall–Kier alpha value is -1.96. The number of amides is 1. The molecule has 1 spiro atoms. The van der Waals surface area contributed by atoms with Crippen LogP contribution in [0.5, 0.6) is 0 Å². The van der Waals surface area contributed by atoms with Gasteiger partial charge in [0.25, 0.3) is 0 Å². The van der Waals surface area contributed by atoms with E-state index in [2.05, 4.69) is 5.10 Å². The van der Waals surface area contributed by atoms with Crippen LogP contribution < -0.4 is 11.1 Å². The van der Waals surface area contributed by atoms with Gasteiger partial charge in [-0.1, -0.05) is 19.3 Å². The minimum atomic E-state index is -0.564. The highest BCUT2D eigenvalue weighted by Crippen LogP contribution is 2.36. The molecule has 1 aromatic heterocycles. The van der Waals surface area contributed by atoms with Crippen LogP contribution in [0.1, 0.15) is 57.2 Å². The minimum absolute atomic E-state index is 0.183. The molecule has 1 unspecified atom stereocenters. The van der Waals surface area contributed by atoms with Gasteiger partial charge in [0.2, 0.25) is 5.91 Å². The Morgan fingerprint density at radius 2 is 1.86 bits per heavy atom. The number of likely N-dealkylation sites (tertiary alicyclic amines) is 1. The van der Waals surface area contributed by atoms with E-state index in [4.69, 9.17) is 4.74 Å². The summed E-state index contributed by atoms with van der Waals surface area (Å²) in [6.45, 7) is 2.20.